The molecule has 0 aromatic carbocycles. The summed E-state index contributed by atoms with van der Waals surface area (Å²) in [5.41, 5.74) is 0. The molecule has 1 N–H and O–H groups in total. The number of nitrogens with one attached hydrogen (secondary N) is 1. The van der Waals surface area contributed by atoms with E-state index in [2.05, 4.69) is 5.32 Å². The van der Waals surface area contributed by atoms with Gasteiger partial charge >= 0.3 is 6.09 Å². The number of carbonyl (C=O) groups excluding carboxylic acids is 1. The molecular formula is C10H19NO2. The van der Waals surface area contributed by atoms with Gasteiger partial charge in [0.15, 0.2) is 0 Å². The number of carbonyl (C=O) groups is 1. The lowest BCUT2D eigenvalue weighted by Crippen LogP contribution is -2.26. The van der Waals surface area contributed by atoms with Crippen LogP contribution in [-0.4, -0.2) is 19.2 Å². The van der Waals surface area contributed by atoms with Crippen molar-refractivity contribution in [3.63, 3.8) is 0 Å². The molecule has 1 aliphatic rings. The molecule has 1 fully saturated rings. The van der Waals surface area contributed by atoms with Crippen LogP contribution < -0.4 is 5.32 Å². The van der Waals surface area contributed by atoms with Gasteiger partial charge < -0.3 is 10.1 Å². The molecule has 3 nitrogen and oxygen atoms in total. The van der Waals surface area contributed by atoms with E-state index in [1.165, 1.54) is 25.7 Å². The fourth-order valence-electron chi connectivity index (χ4n) is 1.54. The van der Waals surface area contributed by atoms with Crippen LogP contribution >= 0.6 is 0 Å². The van der Waals surface area contributed by atoms with Crippen LogP contribution in [0.2, 0.25) is 0 Å². The topological polar surface area (TPSA) is 38.3 Å². The summed E-state index contributed by atoms with van der Waals surface area (Å²) in [6, 6.07) is 0. The maximum Gasteiger partial charge on any atom is 0.407 e. The second-order valence-electron chi connectivity index (χ2n) is 3.59. The van der Waals surface area contributed by atoms with Crippen LogP contribution in [0.25, 0.3) is 0 Å². The van der Waals surface area contributed by atoms with E-state index in [1.54, 1.807) is 0 Å². The molecule has 3 heteroatoms. The molecule has 0 saturated heterocycles. The zero-order chi connectivity index (χ0) is 9.52. The van der Waals surface area contributed by atoms with E-state index in [4.69, 9.17) is 4.74 Å². The normalized spacial score (nSPS) is 16.4. The van der Waals surface area contributed by atoms with E-state index in [0.717, 1.165) is 18.9 Å². The van der Waals surface area contributed by atoms with Crippen LogP contribution in [-0.2, 0) is 4.74 Å². The predicted octanol–water partition coefficient (Wildman–Crippen LogP) is 2.31. The maximum absolute atomic E-state index is 10.8. The Kier molecular flexibility index (Phi) is 4.65. The van der Waals surface area contributed by atoms with Gasteiger partial charge in [0.25, 0.3) is 0 Å². The lowest BCUT2D eigenvalue weighted by atomic mass is 9.82. The van der Waals surface area contributed by atoms with Gasteiger partial charge in [0, 0.05) is 6.54 Å². The first-order valence-electron chi connectivity index (χ1n) is 5.23. The highest BCUT2D eigenvalue weighted by Crippen LogP contribution is 2.29. The molecular weight excluding hydrogens is 166 g/mol. The fraction of sp³-hybridized carbons (Fsp3) is 0.900. The average Bonchev–Trinajstić information content (AvgIpc) is 2.01. The van der Waals surface area contributed by atoms with Gasteiger partial charge in [-0.15, -0.1) is 0 Å². The number of hydrogen-bond acceptors (Lipinski definition) is 2. The van der Waals surface area contributed by atoms with Gasteiger partial charge in [-0.05, 0) is 25.7 Å². The van der Waals surface area contributed by atoms with Crippen molar-refractivity contribution in [1.29, 1.82) is 0 Å². The lowest BCUT2D eigenvalue weighted by Gasteiger charge is -2.24. The fourth-order valence-corrected chi connectivity index (χ4v) is 1.54. The summed E-state index contributed by atoms with van der Waals surface area (Å²) < 4.78 is 4.74. The third-order valence-electron chi connectivity index (χ3n) is 2.56. The van der Waals surface area contributed by atoms with E-state index < -0.39 is 0 Å². The number of alkyl carbamates (subject to hydrolysis) is 1. The predicted molar refractivity (Wildman–Crippen MR) is 51.6 cm³/mol. The number of hydrogen-bond donors (Lipinski definition) is 1. The summed E-state index contributed by atoms with van der Waals surface area (Å²) in [6.07, 6.45) is 6.24. The third kappa shape index (κ3) is 4.15. The highest BCUT2D eigenvalue weighted by molar-refractivity contribution is 5.66. The summed E-state index contributed by atoms with van der Waals surface area (Å²) in [6.45, 7) is 3.03. The first-order chi connectivity index (χ1) is 6.33. The summed E-state index contributed by atoms with van der Waals surface area (Å²) in [7, 11) is 0. The van der Waals surface area contributed by atoms with E-state index >= 15 is 0 Å². The number of rotatable bonds is 5. The zero-order valence-corrected chi connectivity index (χ0v) is 8.34. The molecule has 0 aromatic rings. The number of ether oxygens (including phenoxy) is 1. The molecule has 1 aliphatic carbocycles. The van der Waals surface area contributed by atoms with Gasteiger partial charge in [-0.1, -0.05) is 19.3 Å². The zero-order valence-electron chi connectivity index (χ0n) is 8.34. The van der Waals surface area contributed by atoms with Gasteiger partial charge in [0.05, 0.1) is 6.61 Å². The smallest absolute Gasteiger partial charge is 0.407 e. The van der Waals surface area contributed by atoms with Crippen LogP contribution in [0.3, 0.4) is 0 Å². The van der Waals surface area contributed by atoms with Crippen molar-refractivity contribution in [2.75, 3.05) is 13.2 Å². The molecule has 13 heavy (non-hydrogen) atoms. The minimum Gasteiger partial charge on any atom is -0.450 e. The minimum absolute atomic E-state index is 0.281. The lowest BCUT2D eigenvalue weighted by molar-refractivity contribution is 0.151. The summed E-state index contributed by atoms with van der Waals surface area (Å²) >= 11 is 0. The van der Waals surface area contributed by atoms with Crippen LogP contribution in [0.5, 0.6) is 0 Å². The summed E-state index contributed by atoms with van der Waals surface area (Å²) in [5, 5.41) is 2.73. The second-order valence-corrected chi connectivity index (χ2v) is 3.59. The highest BCUT2D eigenvalue weighted by atomic mass is 16.5. The Bertz CT molecular complexity index is 155. The summed E-state index contributed by atoms with van der Waals surface area (Å²) in [5.74, 6) is 0.934. The van der Waals surface area contributed by atoms with Gasteiger partial charge in [0.2, 0.25) is 0 Å². The third-order valence-corrected chi connectivity index (χ3v) is 2.56. The molecule has 76 valence electrons. The average molecular weight is 185 g/mol. The van der Waals surface area contributed by atoms with Crippen LogP contribution in [0.4, 0.5) is 4.79 Å². The van der Waals surface area contributed by atoms with Gasteiger partial charge in [0.1, 0.15) is 0 Å². The molecule has 0 radical (unpaired) electrons. The van der Waals surface area contributed by atoms with Crippen molar-refractivity contribution in [3.05, 3.63) is 0 Å². The van der Waals surface area contributed by atoms with Gasteiger partial charge in [-0.3, -0.25) is 0 Å². The molecule has 0 bridgehead atoms. The van der Waals surface area contributed by atoms with Gasteiger partial charge in [-0.2, -0.15) is 0 Å². The van der Waals surface area contributed by atoms with Crippen molar-refractivity contribution in [3.8, 4) is 0 Å². The van der Waals surface area contributed by atoms with Crippen molar-refractivity contribution < 1.29 is 9.53 Å². The Morgan fingerprint density at radius 3 is 2.85 bits per heavy atom. The second kappa shape index (κ2) is 5.84. The van der Waals surface area contributed by atoms with Crippen LogP contribution in [0.15, 0.2) is 0 Å². The molecule has 0 aliphatic heterocycles. The van der Waals surface area contributed by atoms with Crippen molar-refractivity contribution >= 4 is 6.09 Å². The van der Waals surface area contributed by atoms with Gasteiger partial charge in [-0.25, -0.2) is 4.79 Å². The maximum atomic E-state index is 10.8. The SMILES string of the molecule is CCOC(=O)NCCCC1CCC1. The standard InChI is InChI=1S/C10H19NO2/c1-2-13-10(12)11-8-4-7-9-5-3-6-9/h9H,2-8H2,1H3,(H,11,12). The van der Waals surface area contributed by atoms with E-state index in [1.807, 2.05) is 6.92 Å². The minimum atomic E-state index is -0.281. The molecule has 0 heterocycles. The van der Waals surface area contributed by atoms with Crippen molar-refractivity contribution in [2.24, 2.45) is 5.92 Å². The Morgan fingerprint density at radius 1 is 1.54 bits per heavy atom. The Morgan fingerprint density at radius 2 is 2.31 bits per heavy atom. The monoisotopic (exact) mass is 185 g/mol. The van der Waals surface area contributed by atoms with E-state index in [-0.39, 0.29) is 6.09 Å². The van der Waals surface area contributed by atoms with Crippen LogP contribution in [0, 0.1) is 5.92 Å². The molecule has 1 amide bonds. The first kappa shape index (κ1) is 10.4. The Hall–Kier alpha value is -0.730. The Balaban J connectivity index is 1.85. The molecule has 0 unspecified atom stereocenters. The van der Waals surface area contributed by atoms with E-state index in [0.29, 0.717) is 6.61 Å². The number of amides is 1. The molecule has 1 saturated carbocycles. The Labute approximate surface area is 79.8 Å². The largest absolute Gasteiger partial charge is 0.450 e. The molecule has 0 aromatic heterocycles. The quantitative estimate of drug-likeness (QED) is 0.667. The molecule has 0 spiro atoms. The molecule has 0 atom stereocenters. The van der Waals surface area contributed by atoms with Crippen molar-refractivity contribution in [1.82, 2.24) is 5.32 Å². The molecule has 1 rings (SSSR count). The highest BCUT2D eigenvalue weighted by Gasteiger charge is 2.16. The van der Waals surface area contributed by atoms with Crippen molar-refractivity contribution in [2.45, 2.75) is 39.0 Å². The first-order valence-corrected chi connectivity index (χ1v) is 5.23. The van der Waals surface area contributed by atoms with E-state index in [9.17, 15) is 4.79 Å². The summed E-state index contributed by atoms with van der Waals surface area (Å²) in [4.78, 5) is 10.8. The van der Waals surface area contributed by atoms with Crippen LogP contribution in [0.1, 0.15) is 39.0 Å².